The minimum absolute atomic E-state index is 0.0669. The molecule has 0 unspecified atom stereocenters. The van der Waals surface area contributed by atoms with Gasteiger partial charge >= 0.3 is 0 Å². The van der Waals surface area contributed by atoms with E-state index in [0.717, 1.165) is 23.0 Å². The van der Waals surface area contributed by atoms with Gasteiger partial charge in [0, 0.05) is 17.1 Å². The van der Waals surface area contributed by atoms with Gasteiger partial charge in [0.1, 0.15) is 5.82 Å². The molecule has 1 aromatic carbocycles. The van der Waals surface area contributed by atoms with Gasteiger partial charge in [0.15, 0.2) is 0 Å². The first-order chi connectivity index (χ1) is 9.51. The molecule has 1 fully saturated rings. The Kier molecular flexibility index (Phi) is 5.62. The van der Waals surface area contributed by atoms with Crippen molar-refractivity contribution in [3.63, 3.8) is 0 Å². The molecule has 0 heterocycles. The molecular weight excluding hydrogens is 317 g/mol. The lowest BCUT2D eigenvalue weighted by atomic mass is 9.70. The molecule has 0 bridgehead atoms. The lowest BCUT2D eigenvalue weighted by Crippen LogP contribution is -2.40. The number of hydrogen-bond donors (Lipinski definition) is 1. The van der Waals surface area contributed by atoms with Crippen LogP contribution in [0.25, 0.3) is 0 Å². The first-order valence-electron chi connectivity index (χ1n) is 7.68. The number of hydrogen-bond acceptors (Lipinski definition) is 1. The molecule has 2 rings (SSSR count). The lowest BCUT2D eigenvalue weighted by Gasteiger charge is -2.38. The fourth-order valence-electron chi connectivity index (χ4n) is 3.22. The largest absolute Gasteiger partial charge is 0.314 e. The van der Waals surface area contributed by atoms with Crippen LogP contribution in [0, 0.1) is 11.2 Å². The Morgan fingerprint density at radius 3 is 2.60 bits per heavy atom. The van der Waals surface area contributed by atoms with Crippen molar-refractivity contribution in [3.05, 3.63) is 34.1 Å². The van der Waals surface area contributed by atoms with Gasteiger partial charge in [0.2, 0.25) is 0 Å². The van der Waals surface area contributed by atoms with Gasteiger partial charge in [-0.15, -0.1) is 0 Å². The Bertz CT molecular complexity index is 439. The molecule has 0 radical (unpaired) electrons. The molecular formula is C17H25BrFN. The van der Waals surface area contributed by atoms with Crippen molar-refractivity contribution < 1.29 is 4.39 Å². The average Bonchev–Trinajstić information content (AvgIpc) is 2.42. The summed E-state index contributed by atoms with van der Waals surface area (Å²) in [5.41, 5.74) is 1.08. The summed E-state index contributed by atoms with van der Waals surface area (Å²) in [7, 11) is 0. The number of nitrogens with one attached hydrogen (secondary N) is 1. The standard InChI is InChI=1S/C17H25BrFN/c1-13(2)20-12-17(8-4-3-5-9-17)11-14-10-15(18)6-7-16(14)19/h6-7,10,13,20H,3-5,8-9,11-12H2,1-2H3. The van der Waals surface area contributed by atoms with Crippen LogP contribution in [-0.4, -0.2) is 12.6 Å². The highest BCUT2D eigenvalue weighted by molar-refractivity contribution is 9.10. The van der Waals surface area contributed by atoms with E-state index < -0.39 is 0 Å². The third-order valence-electron chi connectivity index (χ3n) is 4.37. The summed E-state index contributed by atoms with van der Waals surface area (Å²) in [4.78, 5) is 0. The maximum atomic E-state index is 14.1. The van der Waals surface area contributed by atoms with E-state index in [1.165, 1.54) is 32.1 Å². The quantitative estimate of drug-likeness (QED) is 0.787. The third kappa shape index (κ3) is 4.29. The molecule has 0 aromatic heterocycles. The second-order valence-corrected chi connectivity index (χ2v) is 7.42. The molecule has 1 aliphatic rings. The minimum atomic E-state index is -0.0669. The molecule has 3 heteroatoms. The van der Waals surface area contributed by atoms with Crippen molar-refractivity contribution in [2.24, 2.45) is 5.41 Å². The Labute approximate surface area is 130 Å². The zero-order valence-electron chi connectivity index (χ0n) is 12.5. The number of rotatable bonds is 5. The van der Waals surface area contributed by atoms with E-state index in [1.54, 1.807) is 12.1 Å². The zero-order chi connectivity index (χ0) is 14.6. The van der Waals surface area contributed by atoms with Gasteiger partial charge in [-0.3, -0.25) is 0 Å². The summed E-state index contributed by atoms with van der Waals surface area (Å²) in [6.07, 6.45) is 7.13. The van der Waals surface area contributed by atoms with Gasteiger partial charge < -0.3 is 5.32 Å². The van der Waals surface area contributed by atoms with Gasteiger partial charge in [0.05, 0.1) is 0 Å². The van der Waals surface area contributed by atoms with Crippen molar-refractivity contribution in [2.75, 3.05) is 6.54 Å². The monoisotopic (exact) mass is 341 g/mol. The summed E-state index contributed by atoms with van der Waals surface area (Å²) >= 11 is 3.46. The number of halogens is 2. The van der Waals surface area contributed by atoms with E-state index in [4.69, 9.17) is 0 Å². The van der Waals surface area contributed by atoms with Gasteiger partial charge in [-0.2, -0.15) is 0 Å². The smallest absolute Gasteiger partial charge is 0.126 e. The van der Waals surface area contributed by atoms with E-state index in [9.17, 15) is 4.39 Å². The van der Waals surface area contributed by atoms with E-state index in [2.05, 4.69) is 35.1 Å². The fourth-order valence-corrected chi connectivity index (χ4v) is 3.63. The summed E-state index contributed by atoms with van der Waals surface area (Å²) in [6, 6.07) is 5.78. The molecule has 0 saturated heterocycles. The lowest BCUT2D eigenvalue weighted by molar-refractivity contribution is 0.175. The molecule has 112 valence electrons. The van der Waals surface area contributed by atoms with Crippen molar-refractivity contribution in [2.45, 2.75) is 58.4 Å². The maximum Gasteiger partial charge on any atom is 0.126 e. The van der Waals surface area contributed by atoms with E-state index >= 15 is 0 Å². The zero-order valence-corrected chi connectivity index (χ0v) is 14.1. The molecule has 0 aliphatic heterocycles. The van der Waals surface area contributed by atoms with Crippen LogP contribution in [0.5, 0.6) is 0 Å². The molecule has 20 heavy (non-hydrogen) atoms. The first kappa shape index (κ1) is 16.0. The van der Waals surface area contributed by atoms with Crippen LogP contribution >= 0.6 is 15.9 Å². The second kappa shape index (κ2) is 7.04. The number of benzene rings is 1. The Morgan fingerprint density at radius 1 is 1.25 bits per heavy atom. The van der Waals surface area contributed by atoms with Crippen LogP contribution in [0.1, 0.15) is 51.5 Å². The van der Waals surface area contributed by atoms with Crippen molar-refractivity contribution >= 4 is 15.9 Å². The fraction of sp³-hybridized carbons (Fsp3) is 0.647. The van der Waals surface area contributed by atoms with Crippen LogP contribution in [-0.2, 0) is 6.42 Å². The molecule has 0 amide bonds. The van der Waals surface area contributed by atoms with Crippen molar-refractivity contribution in [3.8, 4) is 0 Å². The predicted molar refractivity (Wildman–Crippen MR) is 86.5 cm³/mol. The molecule has 1 N–H and O–H groups in total. The normalized spacial score (nSPS) is 18.4. The van der Waals surface area contributed by atoms with Crippen LogP contribution in [0.4, 0.5) is 4.39 Å². The van der Waals surface area contributed by atoms with E-state index in [-0.39, 0.29) is 11.2 Å². The first-order valence-corrected chi connectivity index (χ1v) is 8.47. The molecule has 1 saturated carbocycles. The molecule has 0 atom stereocenters. The predicted octanol–water partition coefficient (Wildman–Crippen LogP) is 5.08. The molecule has 1 aromatic rings. The summed E-state index contributed by atoms with van der Waals surface area (Å²) in [6.45, 7) is 5.35. The Hall–Kier alpha value is -0.410. The highest BCUT2D eigenvalue weighted by Crippen LogP contribution is 2.39. The van der Waals surface area contributed by atoms with Crippen LogP contribution in [0.2, 0.25) is 0 Å². The molecule has 1 nitrogen and oxygen atoms in total. The summed E-state index contributed by atoms with van der Waals surface area (Å²) in [5, 5.41) is 3.58. The highest BCUT2D eigenvalue weighted by Gasteiger charge is 2.32. The van der Waals surface area contributed by atoms with Gasteiger partial charge in [-0.05, 0) is 48.4 Å². The van der Waals surface area contributed by atoms with Crippen LogP contribution < -0.4 is 5.32 Å². The summed E-state index contributed by atoms with van der Waals surface area (Å²) < 4.78 is 15.0. The molecule has 0 spiro atoms. The molecule has 1 aliphatic carbocycles. The average molecular weight is 342 g/mol. The van der Waals surface area contributed by atoms with Crippen LogP contribution in [0.15, 0.2) is 22.7 Å². The third-order valence-corrected chi connectivity index (χ3v) is 4.87. The SMILES string of the molecule is CC(C)NCC1(Cc2cc(Br)ccc2F)CCCCC1. The van der Waals surface area contributed by atoms with Gasteiger partial charge in [0.25, 0.3) is 0 Å². The van der Waals surface area contributed by atoms with Gasteiger partial charge in [-0.25, -0.2) is 4.39 Å². The minimum Gasteiger partial charge on any atom is -0.314 e. The van der Waals surface area contributed by atoms with Gasteiger partial charge in [-0.1, -0.05) is 49.0 Å². The van der Waals surface area contributed by atoms with Crippen molar-refractivity contribution in [1.82, 2.24) is 5.32 Å². The van der Waals surface area contributed by atoms with E-state index in [0.29, 0.717) is 6.04 Å². The Balaban J connectivity index is 2.16. The van der Waals surface area contributed by atoms with Crippen molar-refractivity contribution in [1.29, 1.82) is 0 Å². The van der Waals surface area contributed by atoms with Crippen LogP contribution in [0.3, 0.4) is 0 Å². The van der Waals surface area contributed by atoms with E-state index in [1.807, 2.05) is 6.07 Å². The maximum absolute atomic E-state index is 14.1. The summed E-state index contributed by atoms with van der Waals surface area (Å²) in [5.74, 6) is -0.0669. The Morgan fingerprint density at radius 2 is 1.95 bits per heavy atom. The topological polar surface area (TPSA) is 12.0 Å². The second-order valence-electron chi connectivity index (χ2n) is 6.51. The highest BCUT2D eigenvalue weighted by atomic mass is 79.9.